The molecule has 3 amide bonds. The van der Waals surface area contributed by atoms with Crippen molar-refractivity contribution in [3.05, 3.63) is 119 Å². The van der Waals surface area contributed by atoms with Gasteiger partial charge in [-0.1, -0.05) is 64.1 Å². The zero-order valence-electron chi connectivity index (χ0n) is 44.2. The predicted molar refractivity (Wildman–Crippen MR) is 294 cm³/mol. The number of amides is 3. The minimum atomic E-state index is -4.37. The topological polar surface area (TPSA) is 196 Å². The first kappa shape index (κ1) is 54.6. The van der Waals surface area contributed by atoms with E-state index in [0.717, 1.165) is 88.7 Å². The van der Waals surface area contributed by atoms with Crippen LogP contribution in [0, 0.1) is 29.9 Å². The number of hydrogen-bond acceptors (Lipinski definition) is 12. The normalized spacial score (nSPS) is 20.2. The number of rotatable bonds is 16. The fraction of sp³-hybridized carbons (Fsp3) is 0.429. The molecule has 4 aliphatic heterocycles. The lowest BCUT2D eigenvalue weighted by Crippen LogP contribution is -2.65. The summed E-state index contributed by atoms with van der Waals surface area (Å²) in [6.45, 7) is 14.9. The van der Waals surface area contributed by atoms with Crippen molar-refractivity contribution in [2.24, 2.45) is 11.3 Å². The number of nitrogens with one attached hydrogen (secondary N) is 4. The quantitative estimate of drug-likeness (QED) is 0.0748. The van der Waals surface area contributed by atoms with E-state index >= 15 is 8.78 Å². The molecule has 4 saturated heterocycles. The molecule has 0 aliphatic carbocycles. The van der Waals surface area contributed by atoms with Gasteiger partial charge in [0.2, 0.25) is 23.5 Å². The number of aromatic amines is 1. The fourth-order valence-corrected chi connectivity index (χ4v) is 13.0. The van der Waals surface area contributed by atoms with E-state index in [0.29, 0.717) is 36.1 Å². The van der Waals surface area contributed by atoms with Gasteiger partial charge in [0, 0.05) is 106 Å². The summed E-state index contributed by atoms with van der Waals surface area (Å²) in [5.74, 6) is -4.16. The molecule has 0 bridgehead atoms. The van der Waals surface area contributed by atoms with Crippen molar-refractivity contribution in [2.75, 3.05) is 75.1 Å². The van der Waals surface area contributed by atoms with E-state index in [1.165, 1.54) is 6.20 Å². The molecular weight excluding hydrogens is 1040 g/mol. The molecule has 10 rings (SSSR count). The molecule has 0 radical (unpaired) electrons. The molecule has 17 nitrogen and oxygen atoms in total. The second-order valence-corrected chi connectivity index (χ2v) is 24.6. The maximum absolute atomic E-state index is 15.8. The molecule has 3 aromatic heterocycles. The van der Waals surface area contributed by atoms with Crippen LogP contribution < -0.4 is 20.3 Å². The molecule has 4 fully saturated rings. The summed E-state index contributed by atoms with van der Waals surface area (Å²) in [5.41, 5.74) is 5.36. The average molecular weight is 1110 g/mol. The first-order valence-electron chi connectivity index (χ1n) is 26.3. The van der Waals surface area contributed by atoms with E-state index in [4.69, 9.17) is 0 Å². The Bertz CT molecular complexity index is 3340. The third kappa shape index (κ3) is 11.5. The maximum atomic E-state index is 15.8. The second-order valence-electron chi connectivity index (χ2n) is 22.1. The number of alkyl halides is 1. The van der Waals surface area contributed by atoms with Crippen LogP contribution in [0.25, 0.3) is 32.6 Å². The molecular formula is C56H64F3N11O6S2. The van der Waals surface area contributed by atoms with E-state index in [1.807, 2.05) is 93.4 Å². The number of anilines is 2. The van der Waals surface area contributed by atoms with Crippen molar-refractivity contribution in [3.63, 3.8) is 0 Å². The Morgan fingerprint density at radius 1 is 0.885 bits per heavy atom. The number of pyridine rings is 1. The van der Waals surface area contributed by atoms with Gasteiger partial charge in [-0.3, -0.25) is 33.7 Å². The summed E-state index contributed by atoms with van der Waals surface area (Å²) >= 11 is 1.59. The largest absolute Gasteiger partial charge is 0.369 e. The van der Waals surface area contributed by atoms with E-state index < -0.39 is 69.1 Å². The number of nitrogens with zero attached hydrogens (tertiary/aromatic N) is 7. The lowest BCUT2D eigenvalue weighted by Gasteiger charge is -2.48. The highest BCUT2D eigenvalue weighted by atomic mass is 32.2. The molecule has 0 saturated carbocycles. The molecule has 78 heavy (non-hydrogen) atoms. The number of ketones is 1. The number of carbonyl (C=O) groups excluding carboxylic acids is 4. The zero-order chi connectivity index (χ0) is 55.2. The summed E-state index contributed by atoms with van der Waals surface area (Å²) in [7, 11) is -4.37. The molecule has 0 spiro atoms. The minimum Gasteiger partial charge on any atom is -0.369 e. The first-order valence-corrected chi connectivity index (χ1v) is 28.6. The van der Waals surface area contributed by atoms with Crippen LogP contribution in [0.5, 0.6) is 0 Å². The van der Waals surface area contributed by atoms with Crippen LogP contribution in [0.15, 0.2) is 84.6 Å². The highest BCUT2D eigenvalue weighted by Gasteiger charge is 2.44. The number of benzene rings is 3. The van der Waals surface area contributed by atoms with Gasteiger partial charge in [-0.15, -0.1) is 11.3 Å². The van der Waals surface area contributed by atoms with Gasteiger partial charge in [0.1, 0.15) is 29.7 Å². The molecule has 3 aromatic carbocycles. The van der Waals surface area contributed by atoms with Gasteiger partial charge in [0.25, 0.3) is 0 Å². The number of fused-ring (bicyclic) bond motifs is 1. The summed E-state index contributed by atoms with van der Waals surface area (Å²) in [4.78, 5) is 76.7. The summed E-state index contributed by atoms with van der Waals surface area (Å²) in [5, 5.41) is 6.43. The molecule has 22 heteroatoms. The highest BCUT2D eigenvalue weighted by Crippen LogP contribution is 2.34. The van der Waals surface area contributed by atoms with Gasteiger partial charge < -0.3 is 25.4 Å². The van der Waals surface area contributed by atoms with E-state index in [2.05, 4.69) is 40.3 Å². The smallest absolute Gasteiger partial charge is 0.301 e. The van der Waals surface area contributed by atoms with Crippen LogP contribution in [0.1, 0.15) is 67.7 Å². The summed E-state index contributed by atoms with van der Waals surface area (Å²) in [6.07, 6.45) is 2.12. The SMILES string of the molecule is Cc1ncsc1-c1ccc(CNC(=O)[C@@H]2C[C@@H](C)CN2C(=O)[C@@H](NC(=O)CN2CC(N3CCN(c4ccc(-c5cnc6[nH]cc(C(=O)c7c(F)ccc(NS(=O)(=O)N8CC[C@@H](F)C8)c7F)c6c5)cc4)CC3)C2)C(C)(C)C)cc1. The molecule has 6 aromatic rings. The van der Waals surface area contributed by atoms with Crippen LogP contribution in [0.2, 0.25) is 0 Å². The van der Waals surface area contributed by atoms with Crippen molar-refractivity contribution >= 4 is 67.5 Å². The van der Waals surface area contributed by atoms with Gasteiger partial charge >= 0.3 is 10.2 Å². The van der Waals surface area contributed by atoms with Gasteiger partial charge in [-0.05, 0) is 78.1 Å². The molecule has 4 N–H and O–H groups in total. The molecule has 4 aliphatic rings. The Balaban J connectivity index is 0.698. The Hall–Kier alpha value is -6.72. The molecule has 412 valence electrons. The number of aryl methyl sites for hydroxylation is 1. The van der Waals surface area contributed by atoms with E-state index in [-0.39, 0.29) is 54.8 Å². The summed E-state index contributed by atoms with van der Waals surface area (Å²) < 4.78 is 73.4. The third-order valence-electron chi connectivity index (χ3n) is 15.4. The monoisotopic (exact) mass is 1110 g/mol. The van der Waals surface area contributed by atoms with Crippen molar-refractivity contribution in [1.82, 2.24) is 44.6 Å². The Morgan fingerprint density at radius 2 is 1.60 bits per heavy atom. The van der Waals surface area contributed by atoms with Gasteiger partial charge in [0.05, 0.1) is 33.9 Å². The minimum absolute atomic E-state index is 0.00523. The first-order chi connectivity index (χ1) is 37.2. The molecule has 7 heterocycles. The van der Waals surface area contributed by atoms with Crippen LogP contribution in [-0.2, 0) is 31.1 Å². The Kier molecular flexibility index (Phi) is 15.5. The molecule has 4 atom stereocenters. The highest BCUT2D eigenvalue weighted by molar-refractivity contribution is 7.90. The number of thiazole rings is 1. The van der Waals surface area contributed by atoms with Gasteiger partial charge in [-0.25, -0.2) is 23.1 Å². The average Bonchev–Trinajstić information content (AvgIpc) is 4.30. The van der Waals surface area contributed by atoms with Crippen molar-refractivity contribution in [1.29, 1.82) is 0 Å². The number of likely N-dealkylation sites (tertiary alicyclic amines) is 2. The second kappa shape index (κ2) is 22.2. The van der Waals surface area contributed by atoms with Crippen LogP contribution >= 0.6 is 11.3 Å². The Labute approximate surface area is 455 Å². The number of hydrogen-bond donors (Lipinski definition) is 4. The lowest BCUT2D eigenvalue weighted by molar-refractivity contribution is -0.144. The van der Waals surface area contributed by atoms with Gasteiger partial charge in [-0.2, -0.15) is 12.7 Å². The molecule has 0 unspecified atom stereocenters. The van der Waals surface area contributed by atoms with Crippen molar-refractivity contribution in [2.45, 2.75) is 78.3 Å². The number of piperazine rings is 1. The van der Waals surface area contributed by atoms with E-state index in [9.17, 15) is 32.0 Å². The van der Waals surface area contributed by atoms with E-state index in [1.54, 1.807) is 28.5 Å². The Morgan fingerprint density at radius 3 is 2.27 bits per heavy atom. The number of H-pyrrole nitrogens is 1. The third-order valence-corrected chi connectivity index (χ3v) is 17.9. The zero-order valence-corrected chi connectivity index (χ0v) is 45.8. The standard InChI is InChI=1S/C56H64F3N11O6S2/c1-33-22-46(54(73)62-24-35-6-8-37(9-7-35)51-34(2)63-32-77-51)70(27-33)55(74)52(56(3,4)5)64-47(71)31-66-29-41(30-66)68-20-18-67(19-21-68)40-12-10-36(11-13-40)38-23-42-43(26-61-53(42)60-25-38)50(72)48-44(58)14-15-45(49(48)59)65-78(75,76)69-17-16-39(57)28-69/h6-15,23,25-26,32-33,39,41,46,52,65H,16-22,24,27-31H2,1-5H3,(H,60,61)(H,62,73)(H,64,71)/t33-,39-,46+,52-/m1/s1. The number of aromatic nitrogens is 3. The summed E-state index contributed by atoms with van der Waals surface area (Å²) in [6, 6.07) is 18.2. The fourth-order valence-electron chi connectivity index (χ4n) is 11.0. The number of halogens is 3. The van der Waals surface area contributed by atoms with Crippen molar-refractivity contribution < 1.29 is 40.8 Å². The van der Waals surface area contributed by atoms with Crippen LogP contribution in [0.4, 0.5) is 24.5 Å². The lowest BCUT2D eigenvalue weighted by atomic mass is 9.85. The number of carbonyl (C=O) groups is 4. The predicted octanol–water partition coefficient (Wildman–Crippen LogP) is 6.76. The van der Waals surface area contributed by atoms with Crippen molar-refractivity contribution in [3.8, 4) is 21.6 Å². The maximum Gasteiger partial charge on any atom is 0.301 e. The van der Waals surface area contributed by atoms with Crippen LogP contribution in [-0.4, -0.2) is 156 Å². The van der Waals surface area contributed by atoms with Gasteiger partial charge in [0.15, 0.2) is 5.82 Å². The van der Waals surface area contributed by atoms with Crippen LogP contribution in [0.3, 0.4) is 0 Å².